The Labute approximate surface area is 117 Å². The summed E-state index contributed by atoms with van der Waals surface area (Å²) in [5.41, 5.74) is 7.84. The minimum Gasteiger partial charge on any atom is -0.496 e. The maximum atomic E-state index is 13.6. The molecule has 0 aliphatic carbocycles. The third-order valence-corrected chi connectivity index (χ3v) is 3.35. The first-order chi connectivity index (χ1) is 9.52. The lowest BCUT2D eigenvalue weighted by molar-refractivity contribution is 0.410. The van der Waals surface area contributed by atoms with Crippen molar-refractivity contribution in [2.75, 3.05) is 7.11 Å². The van der Waals surface area contributed by atoms with Gasteiger partial charge in [0, 0.05) is 11.6 Å². The van der Waals surface area contributed by atoms with E-state index in [2.05, 4.69) is 0 Å². The Morgan fingerprint density at radius 2 is 1.80 bits per heavy atom. The molecule has 2 N–H and O–H groups in total. The standard InChI is InChI=1S/C16H17F2NO/c1-10-6-7-11(8-16(10)20-2)15(19)9-12-13(17)4-3-5-14(12)18/h3-8,15H,9,19H2,1-2H3. The summed E-state index contributed by atoms with van der Waals surface area (Å²) in [6, 6.07) is 8.86. The van der Waals surface area contributed by atoms with E-state index in [0.29, 0.717) is 5.75 Å². The van der Waals surface area contributed by atoms with Crippen LogP contribution in [0.3, 0.4) is 0 Å². The van der Waals surface area contributed by atoms with Crippen LogP contribution in [0.4, 0.5) is 8.78 Å². The van der Waals surface area contributed by atoms with Crippen LogP contribution in [0.5, 0.6) is 5.75 Å². The van der Waals surface area contributed by atoms with E-state index >= 15 is 0 Å². The van der Waals surface area contributed by atoms with Gasteiger partial charge in [-0.05, 0) is 42.7 Å². The first-order valence-electron chi connectivity index (χ1n) is 6.36. The lowest BCUT2D eigenvalue weighted by Crippen LogP contribution is -2.15. The Balaban J connectivity index is 2.26. The second-order valence-corrected chi connectivity index (χ2v) is 4.74. The molecule has 106 valence electrons. The molecule has 0 aromatic heterocycles. The SMILES string of the molecule is COc1cc(C(N)Cc2c(F)cccc2F)ccc1C. The fourth-order valence-electron chi connectivity index (χ4n) is 2.13. The number of methoxy groups -OCH3 is 1. The van der Waals surface area contributed by atoms with Crippen molar-refractivity contribution in [1.82, 2.24) is 0 Å². The van der Waals surface area contributed by atoms with Crippen LogP contribution in [0.2, 0.25) is 0 Å². The molecule has 2 nitrogen and oxygen atoms in total. The quantitative estimate of drug-likeness (QED) is 0.928. The summed E-state index contributed by atoms with van der Waals surface area (Å²) in [6.07, 6.45) is 0.102. The zero-order valence-corrected chi connectivity index (χ0v) is 11.5. The van der Waals surface area contributed by atoms with Gasteiger partial charge in [-0.15, -0.1) is 0 Å². The summed E-state index contributed by atoms with van der Waals surface area (Å²) >= 11 is 0. The minimum absolute atomic E-state index is 0.0135. The van der Waals surface area contributed by atoms with Crippen molar-refractivity contribution in [1.29, 1.82) is 0 Å². The number of ether oxygens (including phenoxy) is 1. The normalized spacial score (nSPS) is 12.2. The van der Waals surface area contributed by atoms with Crippen molar-refractivity contribution < 1.29 is 13.5 Å². The highest BCUT2D eigenvalue weighted by molar-refractivity contribution is 5.38. The molecular weight excluding hydrogens is 260 g/mol. The van der Waals surface area contributed by atoms with Gasteiger partial charge in [0.25, 0.3) is 0 Å². The molecule has 1 atom stereocenters. The predicted octanol–water partition coefficient (Wildman–Crippen LogP) is 3.52. The lowest BCUT2D eigenvalue weighted by Gasteiger charge is -2.15. The van der Waals surface area contributed by atoms with Crippen LogP contribution < -0.4 is 10.5 Å². The molecular formula is C16H17F2NO. The van der Waals surface area contributed by atoms with Crippen LogP contribution >= 0.6 is 0 Å². The molecule has 0 heterocycles. The molecule has 0 saturated heterocycles. The molecule has 0 bridgehead atoms. The topological polar surface area (TPSA) is 35.2 Å². The highest BCUT2D eigenvalue weighted by Crippen LogP contribution is 2.25. The van der Waals surface area contributed by atoms with E-state index in [0.717, 1.165) is 11.1 Å². The summed E-state index contributed by atoms with van der Waals surface area (Å²) < 4.78 is 32.5. The third-order valence-electron chi connectivity index (χ3n) is 3.35. The summed E-state index contributed by atoms with van der Waals surface area (Å²) in [5, 5.41) is 0. The molecule has 20 heavy (non-hydrogen) atoms. The molecule has 2 aromatic rings. The molecule has 0 aliphatic heterocycles. The number of aryl methyl sites for hydroxylation is 1. The highest BCUT2D eigenvalue weighted by Gasteiger charge is 2.15. The molecule has 0 amide bonds. The zero-order valence-electron chi connectivity index (χ0n) is 11.5. The van der Waals surface area contributed by atoms with E-state index < -0.39 is 17.7 Å². The van der Waals surface area contributed by atoms with Gasteiger partial charge in [-0.1, -0.05) is 18.2 Å². The van der Waals surface area contributed by atoms with Crippen molar-refractivity contribution >= 4 is 0 Å². The Morgan fingerprint density at radius 1 is 1.15 bits per heavy atom. The number of hydrogen-bond donors (Lipinski definition) is 1. The van der Waals surface area contributed by atoms with Gasteiger partial charge in [0.1, 0.15) is 17.4 Å². The number of hydrogen-bond acceptors (Lipinski definition) is 2. The summed E-state index contributed by atoms with van der Waals surface area (Å²) in [6.45, 7) is 1.92. The van der Waals surface area contributed by atoms with Crippen molar-refractivity contribution in [3.8, 4) is 5.75 Å². The third kappa shape index (κ3) is 2.96. The molecule has 0 radical (unpaired) electrons. The number of rotatable bonds is 4. The zero-order chi connectivity index (χ0) is 14.7. The van der Waals surface area contributed by atoms with Crippen molar-refractivity contribution in [2.24, 2.45) is 5.73 Å². The van der Waals surface area contributed by atoms with E-state index in [9.17, 15) is 8.78 Å². The smallest absolute Gasteiger partial charge is 0.129 e. The second kappa shape index (κ2) is 6.01. The average molecular weight is 277 g/mol. The van der Waals surface area contributed by atoms with Crippen LogP contribution in [-0.2, 0) is 6.42 Å². The number of halogens is 2. The van der Waals surface area contributed by atoms with E-state index in [-0.39, 0.29) is 12.0 Å². The second-order valence-electron chi connectivity index (χ2n) is 4.74. The van der Waals surface area contributed by atoms with Crippen LogP contribution in [0.25, 0.3) is 0 Å². The fourth-order valence-corrected chi connectivity index (χ4v) is 2.13. The summed E-state index contributed by atoms with van der Waals surface area (Å²) in [7, 11) is 1.58. The van der Waals surface area contributed by atoms with E-state index in [1.165, 1.54) is 18.2 Å². The molecule has 2 aromatic carbocycles. The Hall–Kier alpha value is -1.94. The first-order valence-corrected chi connectivity index (χ1v) is 6.36. The largest absolute Gasteiger partial charge is 0.496 e. The minimum atomic E-state index is -0.570. The molecule has 0 fully saturated rings. The monoisotopic (exact) mass is 277 g/mol. The van der Waals surface area contributed by atoms with Gasteiger partial charge in [0.2, 0.25) is 0 Å². The predicted molar refractivity (Wildman–Crippen MR) is 74.7 cm³/mol. The summed E-state index contributed by atoms with van der Waals surface area (Å²) in [5.74, 6) is -0.425. The van der Waals surface area contributed by atoms with Gasteiger partial charge >= 0.3 is 0 Å². The Kier molecular flexibility index (Phi) is 4.35. The maximum absolute atomic E-state index is 13.6. The molecule has 0 aliphatic rings. The molecule has 2 rings (SSSR count). The van der Waals surface area contributed by atoms with Gasteiger partial charge in [0.15, 0.2) is 0 Å². The van der Waals surface area contributed by atoms with Crippen LogP contribution in [0, 0.1) is 18.6 Å². The van der Waals surface area contributed by atoms with E-state index in [1.54, 1.807) is 13.2 Å². The molecule has 0 spiro atoms. The molecule has 1 unspecified atom stereocenters. The first kappa shape index (κ1) is 14.5. The fraction of sp³-hybridized carbons (Fsp3) is 0.250. The van der Waals surface area contributed by atoms with E-state index in [4.69, 9.17) is 10.5 Å². The van der Waals surface area contributed by atoms with Gasteiger partial charge in [-0.3, -0.25) is 0 Å². The van der Waals surface area contributed by atoms with Crippen LogP contribution in [0.1, 0.15) is 22.7 Å². The van der Waals surface area contributed by atoms with Gasteiger partial charge in [-0.25, -0.2) is 8.78 Å². The number of benzene rings is 2. The summed E-state index contributed by atoms with van der Waals surface area (Å²) in [4.78, 5) is 0. The van der Waals surface area contributed by atoms with Crippen molar-refractivity contribution in [2.45, 2.75) is 19.4 Å². The van der Waals surface area contributed by atoms with Crippen molar-refractivity contribution in [3.63, 3.8) is 0 Å². The number of nitrogens with two attached hydrogens (primary N) is 1. The Morgan fingerprint density at radius 3 is 2.40 bits per heavy atom. The molecule has 4 heteroatoms. The van der Waals surface area contributed by atoms with Crippen LogP contribution in [-0.4, -0.2) is 7.11 Å². The average Bonchev–Trinajstić information content (AvgIpc) is 2.43. The van der Waals surface area contributed by atoms with Crippen LogP contribution in [0.15, 0.2) is 36.4 Å². The lowest BCUT2D eigenvalue weighted by atomic mass is 9.98. The van der Waals surface area contributed by atoms with Gasteiger partial charge in [0.05, 0.1) is 7.11 Å². The van der Waals surface area contributed by atoms with Gasteiger partial charge < -0.3 is 10.5 Å². The molecule has 0 saturated carbocycles. The maximum Gasteiger partial charge on any atom is 0.129 e. The Bertz CT molecular complexity index is 593. The van der Waals surface area contributed by atoms with Crippen molar-refractivity contribution in [3.05, 3.63) is 64.7 Å². The highest BCUT2D eigenvalue weighted by atomic mass is 19.1. The van der Waals surface area contributed by atoms with E-state index in [1.807, 2.05) is 19.1 Å². The van der Waals surface area contributed by atoms with Gasteiger partial charge in [-0.2, -0.15) is 0 Å².